The molecule has 3 unspecified atom stereocenters. The van der Waals surface area contributed by atoms with E-state index in [1.807, 2.05) is 22.5 Å². The molecule has 1 amide bonds. The third kappa shape index (κ3) is 4.93. The highest BCUT2D eigenvalue weighted by atomic mass is 35.6. The number of rotatable bonds is 4. The Labute approximate surface area is 184 Å². The zero-order valence-corrected chi connectivity index (χ0v) is 18.5. The van der Waals surface area contributed by atoms with Crippen molar-refractivity contribution in [3.63, 3.8) is 0 Å². The van der Waals surface area contributed by atoms with E-state index in [-0.39, 0.29) is 17.4 Å². The summed E-state index contributed by atoms with van der Waals surface area (Å²) in [7, 11) is 0. The van der Waals surface area contributed by atoms with Crippen LogP contribution < -0.4 is 16.2 Å². The van der Waals surface area contributed by atoms with E-state index in [1.54, 1.807) is 12.1 Å². The number of fused-ring (bicyclic) bond motifs is 4. The predicted octanol–water partition coefficient (Wildman–Crippen LogP) is 2.75. The largest absolute Gasteiger partial charge is 0.348 e. The van der Waals surface area contributed by atoms with Gasteiger partial charge in [-0.15, -0.1) is 0 Å². The molecule has 0 spiro atoms. The summed E-state index contributed by atoms with van der Waals surface area (Å²) in [5.74, 6) is 0.312. The molecule has 28 heavy (non-hydrogen) atoms. The smallest absolute Gasteiger partial charge is 0.250 e. The van der Waals surface area contributed by atoms with Crippen LogP contribution in [0.15, 0.2) is 23.0 Å². The number of thiocarbonyl (C=S) groups is 1. The van der Waals surface area contributed by atoms with Gasteiger partial charge in [0.1, 0.15) is 6.17 Å². The van der Waals surface area contributed by atoms with Gasteiger partial charge in [-0.2, -0.15) is 0 Å². The van der Waals surface area contributed by atoms with Gasteiger partial charge in [-0.05, 0) is 37.0 Å². The molecule has 1 fully saturated rings. The number of nitrogens with one attached hydrogen (secondary N) is 2. The van der Waals surface area contributed by atoms with Crippen molar-refractivity contribution in [2.75, 3.05) is 13.1 Å². The van der Waals surface area contributed by atoms with E-state index >= 15 is 0 Å². The van der Waals surface area contributed by atoms with Crippen LogP contribution in [0.5, 0.6) is 0 Å². The fourth-order valence-electron chi connectivity index (χ4n) is 3.94. The monoisotopic (exact) mass is 464 g/mol. The molecule has 2 N–H and O–H groups in total. The Morgan fingerprint density at radius 1 is 1.29 bits per heavy atom. The van der Waals surface area contributed by atoms with Crippen molar-refractivity contribution in [1.82, 2.24) is 20.1 Å². The van der Waals surface area contributed by atoms with Gasteiger partial charge >= 0.3 is 0 Å². The third-order valence-electron chi connectivity index (χ3n) is 5.14. The molecule has 3 atom stereocenters. The summed E-state index contributed by atoms with van der Waals surface area (Å²) in [4.78, 5) is 26.2. The van der Waals surface area contributed by atoms with Gasteiger partial charge in [-0.1, -0.05) is 47.8 Å². The molecular formula is C18H23Cl3N4O2S. The second-order valence-electron chi connectivity index (χ2n) is 7.34. The van der Waals surface area contributed by atoms with Crippen LogP contribution >= 0.6 is 47.0 Å². The number of piperidine rings is 1. The molecular weight excluding hydrogens is 443 g/mol. The maximum Gasteiger partial charge on any atom is 0.250 e. The first kappa shape index (κ1) is 21.7. The van der Waals surface area contributed by atoms with Gasteiger partial charge in [0.15, 0.2) is 5.11 Å². The van der Waals surface area contributed by atoms with Crippen molar-refractivity contribution in [2.45, 2.75) is 48.6 Å². The lowest BCUT2D eigenvalue weighted by atomic mass is 9.83. The Hall–Kier alpha value is -1.02. The first-order valence-corrected chi connectivity index (χ1v) is 10.8. The zero-order chi connectivity index (χ0) is 20.5. The van der Waals surface area contributed by atoms with Gasteiger partial charge in [-0.25, -0.2) is 0 Å². The van der Waals surface area contributed by atoms with Gasteiger partial charge in [-0.3, -0.25) is 9.59 Å². The van der Waals surface area contributed by atoms with Crippen LogP contribution in [0.25, 0.3) is 0 Å². The molecule has 0 aromatic carbocycles. The second kappa shape index (κ2) is 8.78. The fourth-order valence-corrected chi connectivity index (χ4v) is 4.53. The molecule has 2 aliphatic heterocycles. The minimum absolute atomic E-state index is 0.0382. The van der Waals surface area contributed by atoms with Crippen molar-refractivity contribution in [2.24, 2.45) is 5.92 Å². The summed E-state index contributed by atoms with van der Waals surface area (Å²) >= 11 is 23.7. The van der Waals surface area contributed by atoms with Gasteiger partial charge in [0, 0.05) is 43.7 Å². The Morgan fingerprint density at radius 3 is 2.71 bits per heavy atom. The fraction of sp³-hybridized carbons (Fsp3) is 0.611. The summed E-state index contributed by atoms with van der Waals surface area (Å²) in [6.45, 7) is 3.95. The number of alkyl halides is 3. The lowest BCUT2D eigenvalue weighted by molar-refractivity contribution is -0.121. The van der Waals surface area contributed by atoms with Crippen molar-refractivity contribution in [3.05, 3.63) is 34.2 Å². The van der Waals surface area contributed by atoms with Crippen LogP contribution in [0.2, 0.25) is 0 Å². The number of halogens is 3. The van der Waals surface area contributed by atoms with Gasteiger partial charge in [0.05, 0.1) is 0 Å². The lowest BCUT2D eigenvalue weighted by Crippen LogP contribution is -2.60. The Morgan fingerprint density at radius 2 is 2.04 bits per heavy atom. The number of pyridine rings is 1. The number of nitrogens with zero attached hydrogens (tertiary/aromatic N) is 2. The van der Waals surface area contributed by atoms with Crippen molar-refractivity contribution >= 4 is 58.0 Å². The summed E-state index contributed by atoms with van der Waals surface area (Å²) in [6.07, 6.45) is 1.12. The summed E-state index contributed by atoms with van der Waals surface area (Å²) < 4.78 is 0.112. The number of amides is 1. The number of aromatic nitrogens is 1. The first-order valence-electron chi connectivity index (χ1n) is 9.30. The van der Waals surface area contributed by atoms with Crippen LogP contribution in [0, 0.1) is 5.92 Å². The summed E-state index contributed by atoms with van der Waals surface area (Å²) in [5, 5.41) is 6.12. The average molecular weight is 466 g/mol. The van der Waals surface area contributed by atoms with E-state index < -0.39 is 9.96 Å². The van der Waals surface area contributed by atoms with Crippen LogP contribution in [-0.2, 0) is 11.3 Å². The van der Waals surface area contributed by atoms with Gasteiger partial charge < -0.3 is 20.1 Å². The molecule has 10 heteroatoms. The SMILES string of the molecule is CCCC(=O)NC(NC(=S)N1CC2CC(C1)c1cccc(=O)n1C2)C(Cl)(Cl)Cl. The number of likely N-dealkylation sites (tertiary alicyclic amines) is 1. The van der Waals surface area contributed by atoms with Crippen molar-refractivity contribution in [1.29, 1.82) is 0 Å². The van der Waals surface area contributed by atoms with Gasteiger partial charge in [0.2, 0.25) is 9.70 Å². The highest BCUT2D eigenvalue weighted by Gasteiger charge is 2.38. The molecule has 2 aliphatic rings. The Bertz CT molecular complexity index is 811. The number of carbonyl (C=O) groups excluding carboxylic acids is 1. The standard InChI is InChI=1S/C18H23Cl3N4O2S/c1-2-4-14(26)22-16(18(19,20)21)23-17(28)24-8-11-7-12(10-24)13-5-3-6-15(27)25(13)9-11/h3,5-6,11-12,16H,2,4,7-10H2,1H3,(H,22,26)(H,23,28). The van der Waals surface area contributed by atoms with Crippen LogP contribution in [0.1, 0.15) is 37.8 Å². The minimum Gasteiger partial charge on any atom is -0.348 e. The first-order chi connectivity index (χ1) is 13.2. The van der Waals surface area contributed by atoms with E-state index in [1.165, 1.54) is 0 Å². The maximum absolute atomic E-state index is 12.1. The van der Waals surface area contributed by atoms with Crippen molar-refractivity contribution < 1.29 is 4.79 Å². The number of hydrogen-bond acceptors (Lipinski definition) is 3. The van der Waals surface area contributed by atoms with E-state index in [9.17, 15) is 9.59 Å². The Kier molecular flexibility index (Phi) is 6.80. The molecule has 0 saturated carbocycles. The summed E-state index contributed by atoms with van der Waals surface area (Å²) in [5.41, 5.74) is 1.07. The molecule has 0 aliphatic carbocycles. The molecule has 1 saturated heterocycles. The quantitative estimate of drug-likeness (QED) is 0.407. The summed E-state index contributed by atoms with van der Waals surface area (Å²) in [6, 6.07) is 5.39. The molecule has 1 aromatic rings. The molecule has 2 bridgehead atoms. The van der Waals surface area contributed by atoms with Crippen LogP contribution in [0.3, 0.4) is 0 Å². The molecule has 0 radical (unpaired) electrons. The lowest BCUT2D eigenvalue weighted by Gasteiger charge is -2.44. The Balaban J connectivity index is 1.71. The van der Waals surface area contributed by atoms with Crippen LogP contribution in [-0.4, -0.2) is 43.5 Å². The molecule has 3 rings (SSSR count). The van der Waals surface area contributed by atoms with E-state index in [0.29, 0.717) is 43.5 Å². The third-order valence-corrected chi connectivity index (χ3v) is 6.18. The molecule has 154 valence electrons. The van der Waals surface area contributed by atoms with Crippen LogP contribution in [0.4, 0.5) is 0 Å². The molecule has 3 heterocycles. The van der Waals surface area contributed by atoms with Crippen molar-refractivity contribution in [3.8, 4) is 0 Å². The highest BCUT2D eigenvalue weighted by molar-refractivity contribution is 7.80. The predicted molar refractivity (Wildman–Crippen MR) is 116 cm³/mol. The zero-order valence-electron chi connectivity index (χ0n) is 15.5. The second-order valence-corrected chi connectivity index (χ2v) is 10.1. The molecule has 1 aromatic heterocycles. The van der Waals surface area contributed by atoms with E-state index in [4.69, 9.17) is 47.0 Å². The topological polar surface area (TPSA) is 66.4 Å². The highest BCUT2D eigenvalue weighted by Crippen LogP contribution is 2.35. The van der Waals surface area contributed by atoms with Gasteiger partial charge in [0.25, 0.3) is 5.56 Å². The molecule has 6 nitrogen and oxygen atoms in total. The van der Waals surface area contributed by atoms with E-state index in [2.05, 4.69) is 10.6 Å². The maximum atomic E-state index is 12.1. The normalized spacial score (nSPS) is 22.2. The number of hydrogen-bond donors (Lipinski definition) is 2. The van der Waals surface area contributed by atoms with E-state index in [0.717, 1.165) is 12.1 Å². The minimum atomic E-state index is -1.75. The number of carbonyl (C=O) groups is 1. The average Bonchev–Trinajstić information content (AvgIpc) is 2.61.